The molecular weight excluding hydrogens is 344 g/mol. The second-order valence-electron chi connectivity index (χ2n) is 7.70. The summed E-state index contributed by atoms with van der Waals surface area (Å²) >= 11 is 0. The first-order valence-corrected chi connectivity index (χ1v) is 10.2. The van der Waals surface area contributed by atoms with Crippen LogP contribution in [-0.2, 0) is 16.0 Å². The van der Waals surface area contributed by atoms with Gasteiger partial charge in [-0.15, -0.1) is 0 Å². The molecule has 2 aliphatic heterocycles. The Bertz CT molecular complexity index is 691. The fraction of sp³-hybridized carbons (Fsp3) is 0.619. The van der Waals surface area contributed by atoms with Crippen LogP contribution in [0.2, 0.25) is 0 Å². The summed E-state index contributed by atoms with van der Waals surface area (Å²) in [5, 5.41) is 0. The molecule has 6 nitrogen and oxygen atoms in total. The molecule has 0 radical (unpaired) electrons. The predicted octanol–water partition coefficient (Wildman–Crippen LogP) is 2.25. The standard InChI is InChI=1S/C21H28N2O4/c24-20(15-16-6-7-18-19(14-16)27-13-3-12-26-18)22-8-10-23(11-9-22)21(25)17-4-1-2-5-17/h6-7,14,17H,1-5,8-13,15H2. The van der Waals surface area contributed by atoms with Crippen molar-refractivity contribution in [2.45, 2.75) is 38.5 Å². The number of rotatable bonds is 3. The number of benzene rings is 1. The highest BCUT2D eigenvalue weighted by Crippen LogP contribution is 2.31. The van der Waals surface area contributed by atoms with Crippen LogP contribution in [0.25, 0.3) is 0 Å². The summed E-state index contributed by atoms with van der Waals surface area (Å²) in [6.45, 7) is 3.87. The van der Waals surface area contributed by atoms with Gasteiger partial charge in [-0.1, -0.05) is 18.9 Å². The highest BCUT2D eigenvalue weighted by molar-refractivity contribution is 5.81. The van der Waals surface area contributed by atoms with E-state index >= 15 is 0 Å². The van der Waals surface area contributed by atoms with Gasteiger partial charge in [-0.3, -0.25) is 9.59 Å². The minimum absolute atomic E-state index is 0.109. The van der Waals surface area contributed by atoms with Crippen LogP contribution in [0.1, 0.15) is 37.7 Å². The van der Waals surface area contributed by atoms with Gasteiger partial charge in [0.05, 0.1) is 19.6 Å². The van der Waals surface area contributed by atoms with Crippen molar-refractivity contribution >= 4 is 11.8 Å². The maximum Gasteiger partial charge on any atom is 0.227 e. The summed E-state index contributed by atoms with van der Waals surface area (Å²) in [6.07, 6.45) is 5.62. The minimum Gasteiger partial charge on any atom is -0.490 e. The molecule has 0 N–H and O–H groups in total. The van der Waals surface area contributed by atoms with E-state index in [9.17, 15) is 9.59 Å². The Labute approximate surface area is 160 Å². The molecule has 0 unspecified atom stereocenters. The van der Waals surface area contributed by atoms with Crippen molar-refractivity contribution in [2.75, 3.05) is 39.4 Å². The summed E-state index contributed by atoms with van der Waals surface area (Å²) in [4.78, 5) is 29.0. The van der Waals surface area contributed by atoms with E-state index in [1.165, 1.54) is 12.8 Å². The fourth-order valence-corrected chi connectivity index (χ4v) is 4.21. The van der Waals surface area contributed by atoms with Gasteiger partial charge in [0.2, 0.25) is 11.8 Å². The lowest BCUT2D eigenvalue weighted by Gasteiger charge is -2.36. The molecule has 2 heterocycles. The number of hydrogen-bond donors (Lipinski definition) is 0. The van der Waals surface area contributed by atoms with Crippen LogP contribution < -0.4 is 9.47 Å². The van der Waals surface area contributed by atoms with Gasteiger partial charge in [0.15, 0.2) is 11.5 Å². The summed E-state index contributed by atoms with van der Waals surface area (Å²) in [5.41, 5.74) is 0.939. The molecule has 0 aromatic heterocycles. The van der Waals surface area contributed by atoms with Crippen molar-refractivity contribution in [1.29, 1.82) is 0 Å². The lowest BCUT2D eigenvalue weighted by Crippen LogP contribution is -2.52. The largest absolute Gasteiger partial charge is 0.490 e. The zero-order chi connectivity index (χ0) is 18.6. The van der Waals surface area contributed by atoms with Crippen LogP contribution in [0.15, 0.2) is 18.2 Å². The lowest BCUT2D eigenvalue weighted by molar-refractivity contribution is -0.141. The Balaban J connectivity index is 1.30. The number of ether oxygens (including phenoxy) is 2. The molecule has 2 amide bonds. The molecule has 0 spiro atoms. The molecule has 0 bridgehead atoms. The first-order valence-electron chi connectivity index (χ1n) is 10.2. The van der Waals surface area contributed by atoms with Crippen LogP contribution in [0.3, 0.4) is 0 Å². The van der Waals surface area contributed by atoms with E-state index in [2.05, 4.69) is 0 Å². The number of hydrogen-bond acceptors (Lipinski definition) is 4. The quantitative estimate of drug-likeness (QED) is 0.817. The molecule has 1 saturated carbocycles. The van der Waals surface area contributed by atoms with Crippen molar-refractivity contribution in [2.24, 2.45) is 5.92 Å². The number of fused-ring (bicyclic) bond motifs is 1. The summed E-state index contributed by atoms with van der Waals surface area (Å²) in [7, 11) is 0. The Kier molecular flexibility index (Phi) is 5.50. The smallest absolute Gasteiger partial charge is 0.227 e. The molecule has 4 rings (SSSR count). The van der Waals surface area contributed by atoms with E-state index in [0.29, 0.717) is 51.7 Å². The molecule has 2 fully saturated rings. The highest BCUT2D eigenvalue weighted by Gasteiger charge is 2.30. The van der Waals surface area contributed by atoms with E-state index in [4.69, 9.17) is 9.47 Å². The third-order valence-corrected chi connectivity index (χ3v) is 5.82. The summed E-state index contributed by atoms with van der Waals surface area (Å²) in [6, 6.07) is 5.74. The Hall–Kier alpha value is -2.24. The van der Waals surface area contributed by atoms with Gasteiger partial charge in [-0.25, -0.2) is 0 Å². The second kappa shape index (κ2) is 8.19. The molecule has 6 heteroatoms. The first kappa shape index (κ1) is 18.1. The summed E-state index contributed by atoms with van der Waals surface area (Å²) in [5.74, 6) is 2.10. The molecule has 1 saturated heterocycles. The van der Waals surface area contributed by atoms with E-state index < -0.39 is 0 Å². The topological polar surface area (TPSA) is 59.1 Å². The average Bonchev–Trinajstić information content (AvgIpc) is 3.13. The van der Waals surface area contributed by atoms with Crippen LogP contribution >= 0.6 is 0 Å². The lowest BCUT2D eigenvalue weighted by atomic mass is 10.1. The molecule has 27 heavy (non-hydrogen) atoms. The monoisotopic (exact) mass is 372 g/mol. The molecule has 0 atom stereocenters. The maximum atomic E-state index is 12.7. The minimum atomic E-state index is 0.109. The SMILES string of the molecule is O=C(Cc1ccc2c(c1)OCCCO2)N1CCN(C(=O)C2CCCC2)CC1. The van der Waals surface area contributed by atoms with Gasteiger partial charge in [0, 0.05) is 38.5 Å². The number of carbonyl (C=O) groups is 2. The molecule has 1 aromatic carbocycles. The van der Waals surface area contributed by atoms with Crippen molar-refractivity contribution in [1.82, 2.24) is 9.80 Å². The highest BCUT2D eigenvalue weighted by atomic mass is 16.5. The summed E-state index contributed by atoms with van der Waals surface area (Å²) < 4.78 is 11.4. The Morgan fingerprint density at radius 3 is 2.30 bits per heavy atom. The normalized spacial score (nSPS) is 20.4. The van der Waals surface area contributed by atoms with E-state index in [1.807, 2.05) is 28.0 Å². The van der Waals surface area contributed by atoms with Crippen LogP contribution in [0, 0.1) is 5.92 Å². The first-order chi connectivity index (χ1) is 13.2. The number of carbonyl (C=O) groups excluding carboxylic acids is 2. The molecule has 3 aliphatic rings. The molecule has 1 aromatic rings. The van der Waals surface area contributed by atoms with Gasteiger partial charge >= 0.3 is 0 Å². The number of nitrogens with zero attached hydrogens (tertiary/aromatic N) is 2. The number of piperazine rings is 1. The third kappa shape index (κ3) is 4.20. The van der Waals surface area contributed by atoms with E-state index in [-0.39, 0.29) is 11.8 Å². The van der Waals surface area contributed by atoms with Crippen LogP contribution in [0.5, 0.6) is 11.5 Å². The van der Waals surface area contributed by atoms with Gasteiger partial charge in [-0.2, -0.15) is 0 Å². The van der Waals surface area contributed by atoms with Crippen molar-refractivity contribution < 1.29 is 19.1 Å². The van der Waals surface area contributed by atoms with Gasteiger partial charge in [0.25, 0.3) is 0 Å². The Morgan fingerprint density at radius 1 is 0.889 bits per heavy atom. The van der Waals surface area contributed by atoms with E-state index in [0.717, 1.165) is 36.3 Å². The van der Waals surface area contributed by atoms with Crippen molar-refractivity contribution in [3.8, 4) is 11.5 Å². The maximum absolute atomic E-state index is 12.7. The molecule has 1 aliphatic carbocycles. The molecular formula is C21H28N2O4. The molecule has 146 valence electrons. The Morgan fingerprint density at radius 2 is 1.56 bits per heavy atom. The third-order valence-electron chi connectivity index (χ3n) is 5.82. The van der Waals surface area contributed by atoms with Crippen molar-refractivity contribution in [3.63, 3.8) is 0 Å². The van der Waals surface area contributed by atoms with Crippen LogP contribution in [0.4, 0.5) is 0 Å². The zero-order valence-corrected chi connectivity index (χ0v) is 15.8. The van der Waals surface area contributed by atoms with Gasteiger partial charge < -0.3 is 19.3 Å². The van der Waals surface area contributed by atoms with Gasteiger partial charge in [-0.05, 0) is 30.5 Å². The van der Waals surface area contributed by atoms with E-state index in [1.54, 1.807) is 0 Å². The van der Waals surface area contributed by atoms with Crippen LogP contribution in [-0.4, -0.2) is 61.0 Å². The zero-order valence-electron chi connectivity index (χ0n) is 15.8. The predicted molar refractivity (Wildman–Crippen MR) is 101 cm³/mol. The average molecular weight is 372 g/mol. The second-order valence-corrected chi connectivity index (χ2v) is 7.70. The fourth-order valence-electron chi connectivity index (χ4n) is 4.21. The van der Waals surface area contributed by atoms with Gasteiger partial charge in [0.1, 0.15) is 0 Å². The van der Waals surface area contributed by atoms with Crippen molar-refractivity contribution in [3.05, 3.63) is 23.8 Å². The number of amides is 2.